The second-order valence-electron chi connectivity index (χ2n) is 4.04. The fourth-order valence-electron chi connectivity index (χ4n) is 2.09. The van der Waals surface area contributed by atoms with E-state index in [9.17, 15) is 9.59 Å². The van der Waals surface area contributed by atoms with E-state index < -0.39 is 0 Å². The lowest BCUT2D eigenvalue weighted by atomic mass is 9.84. The van der Waals surface area contributed by atoms with E-state index in [0.717, 1.165) is 7.14 Å². The average Bonchev–Trinajstić information content (AvgIpc) is 2.36. The van der Waals surface area contributed by atoms with Gasteiger partial charge in [-0.15, -0.1) is 0 Å². The number of fused-ring (bicyclic) bond motifs is 2. The monoisotopic (exact) mass is 460 g/mol. The lowest BCUT2D eigenvalue weighted by molar-refractivity contribution is 0.0979. The highest BCUT2D eigenvalue weighted by Crippen LogP contribution is 2.29. The highest BCUT2D eigenvalue weighted by molar-refractivity contribution is 14.1. The highest BCUT2D eigenvalue weighted by atomic mass is 127. The van der Waals surface area contributed by atoms with E-state index in [1.165, 1.54) is 0 Å². The Hall–Kier alpha value is -0.760. The summed E-state index contributed by atoms with van der Waals surface area (Å²) in [7, 11) is 0. The quantitative estimate of drug-likeness (QED) is 0.481. The first kappa shape index (κ1) is 12.3. The third kappa shape index (κ3) is 1.82. The minimum Gasteiger partial charge on any atom is -0.289 e. The molecule has 0 unspecified atom stereocenters. The molecule has 0 saturated carbocycles. The Labute approximate surface area is 131 Å². The number of hydrogen-bond acceptors (Lipinski definition) is 2. The molecule has 0 heterocycles. The second kappa shape index (κ2) is 4.41. The Kier molecular flexibility index (Phi) is 3.01. The molecular formula is C14H6I2O2. The molecule has 0 saturated heterocycles. The van der Waals surface area contributed by atoms with Gasteiger partial charge < -0.3 is 0 Å². The fraction of sp³-hybridized carbons (Fsp3) is 0. The summed E-state index contributed by atoms with van der Waals surface area (Å²) in [6.07, 6.45) is 0. The molecule has 0 N–H and O–H groups in total. The van der Waals surface area contributed by atoms with Crippen molar-refractivity contribution in [1.29, 1.82) is 0 Å². The maximum Gasteiger partial charge on any atom is 0.194 e. The van der Waals surface area contributed by atoms with E-state index in [0.29, 0.717) is 22.3 Å². The molecular weight excluding hydrogens is 454 g/mol. The van der Waals surface area contributed by atoms with Gasteiger partial charge in [0.05, 0.1) is 0 Å². The van der Waals surface area contributed by atoms with Crippen LogP contribution in [0.2, 0.25) is 0 Å². The van der Waals surface area contributed by atoms with Crippen LogP contribution in [0.1, 0.15) is 31.8 Å². The maximum atomic E-state index is 12.4. The molecule has 0 atom stereocenters. The average molecular weight is 460 g/mol. The van der Waals surface area contributed by atoms with E-state index in [1.807, 2.05) is 12.1 Å². The van der Waals surface area contributed by atoms with Crippen molar-refractivity contribution in [2.45, 2.75) is 0 Å². The van der Waals surface area contributed by atoms with Crippen LogP contribution in [-0.2, 0) is 0 Å². The molecule has 0 radical (unpaired) electrons. The Balaban J connectivity index is 2.31. The van der Waals surface area contributed by atoms with E-state index in [2.05, 4.69) is 45.2 Å². The Morgan fingerprint density at radius 2 is 1.00 bits per heavy atom. The van der Waals surface area contributed by atoms with Crippen LogP contribution in [0.15, 0.2) is 36.4 Å². The topological polar surface area (TPSA) is 34.1 Å². The number of ketones is 2. The van der Waals surface area contributed by atoms with Gasteiger partial charge >= 0.3 is 0 Å². The van der Waals surface area contributed by atoms with E-state index >= 15 is 0 Å². The van der Waals surface area contributed by atoms with Gasteiger partial charge in [-0.25, -0.2) is 0 Å². The van der Waals surface area contributed by atoms with Crippen LogP contribution in [0.5, 0.6) is 0 Å². The minimum absolute atomic E-state index is 0.0606. The van der Waals surface area contributed by atoms with Crippen molar-refractivity contribution in [3.8, 4) is 0 Å². The summed E-state index contributed by atoms with van der Waals surface area (Å²) < 4.78 is 1.92. The number of benzene rings is 2. The minimum atomic E-state index is -0.0606. The summed E-state index contributed by atoms with van der Waals surface area (Å²) in [5.41, 5.74) is 2.05. The molecule has 2 nitrogen and oxygen atoms in total. The molecule has 3 rings (SSSR count). The SMILES string of the molecule is O=C1c2ccc(I)cc2C(=O)c2ccc(I)cc21. The Morgan fingerprint density at radius 3 is 1.39 bits per heavy atom. The molecule has 0 amide bonds. The molecule has 1 aliphatic carbocycles. The van der Waals surface area contributed by atoms with Crippen molar-refractivity contribution in [1.82, 2.24) is 0 Å². The molecule has 0 spiro atoms. The van der Waals surface area contributed by atoms with Crippen LogP contribution in [-0.4, -0.2) is 11.6 Å². The number of carbonyl (C=O) groups is 2. The van der Waals surface area contributed by atoms with Crippen molar-refractivity contribution in [3.05, 3.63) is 65.8 Å². The van der Waals surface area contributed by atoms with Crippen molar-refractivity contribution in [2.75, 3.05) is 0 Å². The number of carbonyl (C=O) groups excluding carboxylic acids is 2. The van der Waals surface area contributed by atoms with Crippen LogP contribution < -0.4 is 0 Å². The van der Waals surface area contributed by atoms with Crippen LogP contribution in [0.4, 0.5) is 0 Å². The molecule has 0 fully saturated rings. The van der Waals surface area contributed by atoms with Crippen LogP contribution in [0, 0.1) is 7.14 Å². The smallest absolute Gasteiger partial charge is 0.194 e. The van der Waals surface area contributed by atoms with Crippen LogP contribution >= 0.6 is 45.2 Å². The van der Waals surface area contributed by atoms with E-state index in [-0.39, 0.29) is 11.6 Å². The lowest BCUT2D eigenvalue weighted by Gasteiger charge is -2.17. The van der Waals surface area contributed by atoms with Gasteiger partial charge in [0.2, 0.25) is 0 Å². The zero-order valence-electron chi connectivity index (χ0n) is 9.04. The normalized spacial score (nSPS) is 13.2. The Bertz CT molecular complexity index is 643. The van der Waals surface area contributed by atoms with Gasteiger partial charge in [0, 0.05) is 29.4 Å². The molecule has 88 valence electrons. The molecule has 4 heteroatoms. The molecule has 2 aromatic rings. The lowest BCUT2D eigenvalue weighted by Crippen LogP contribution is -2.21. The molecule has 1 aliphatic rings. The summed E-state index contributed by atoms with van der Waals surface area (Å²) in [5.74, 6) is -0.121. The third-order valence-electron chi connectivity index (χ3n) is 2.94. The number of hydrogen-bond donors (Lipinski definition) is 0. The molecule has 0 aromatic heterocycles. The van der Waals surface area contributed by atoms with E-state index in [4.69, 9.17) is 0 Å². The standard InChI is InChI=1S/C14H6I2O2/c15-7-1-3-9-11(5-7)14(18)10-4-2-8(16)6-12(10)13(9)17/h1-6H. The van der Waals surface area contributed by atoms with Crippen LogP contribution in [0.3, 0.4) is 0 Å². The van der Waals surface area contributed by atoms with Crippen molar-refractivity contribution >= 4 is 56.7 Å². The van der Waals surface area contributed by atoms with E-state index in [1.54, 1.807) is 24.3 Å². The number of rotatable bonds is 0. The largest absolute Gasteiger partial charge is 0.289 e. The molecule has 2 aromatic carbocycles. The summed E-state index contributed by atoms with van der Waals surface area (Å²) in [4.78, 5) is 24.7. The predicted molar refractivity (Wildman–Crippen MR) is 85.2 cm³/mol. The Morgan fingerprint density at radius 1 is 0.611 bits per heavy atom. The summed E-state index contributed by atoms with van der Waals surface area (Å²) in [5, 5.41) is 0. The van der Waals surface area contributed by atoms with Gasteiger partial charge in [0.15, 0.2) is 11.6 Å². The third-order valence-corrected chi connectivity index (χ3v) is 4.28. The predicted octanol–water partition coefficient (Wildman–Crippen LogP) is 3.67. The first-order chi connectivity index (χ1) is 8.58. The zero-order chi connectivity index (χ0) is 12.9. The zero-order valence-corrected chi connectivity index (χ0v) is 13.4. The maximum absolute atomic E-state index is 12.4. The van der Waals surface area contributed by atoms with Gasteiger partial charge in [0.1, 0.15) is 0 Å². The molecule has 0 aliphatic heterocycles. The van der Waals surface area contributed by atoms with Crippen molar-refractivity contribution < 1.29 is 9.59 Å². The fourth-order valence-corrected chi connectivity index (χ4v) is 3.08. The highest BCUT2D eigenvalue weighted by Gasteiger charge is 2.29. The van der Waals surface area contributed by atoms with Crippen LogP contribution in [0.25, 0.3) is 0 Å². The first-order valence-electron chi connectivity index (χ1n) is 5.26. The van der Waals surface area contributed by atoms with Crippen molar-refractivity contribution in [3.63, 3.8) is 0 Å². The van der Waals surface area contributed by atoms with Crippen molar-refractivity contribution in [2.24, 2.45) is 0 Å². The number of halogens is 2. The van der Waals surface area contributed by atoms with Gasteiger partial charge in [-0.05, 0) is 81.6 Å². The van der Waals surface area contributed by atoms with Gasteiger partial charge in [-0.3, -0.25) is 9.59 Å². The first-order valence-corrected chi connectivity index (χ1v) is 7.42. The second-order valence-corrected chi connectivity index (χ2v) is 6.53. The molecule has 18 heavy (non-hydrogen) atoms. The molecule has 0 bridgehead atoms. The van der Waals surface area contributed by atoms with Gasteiger partial charge in [-0.1, -0.05) is 0 Å². The summed E-state index contributed by atoms with van der Waals surface area (Å²) >= 11 is 4.29. The van der Waals surface area contributed by atoms with Gasteiger partial charge in [-0.2, -0.15) is 0 Å². The van der Waals surface area contributed by atoms with Gasteiger partial charge in [0.25, 0.3) is 0 Å². The summed E-state index contributed by atoms with van der Waals surface area (Å²) in [6.45, 7) is 0. The summed E-state index contributed by atoms with van der Waals surface area (Å²) in [6, 6.07) is 10.7.